The smallest absolute Gasteiger partial charge is 0.271 e. The van der Waals surface area contributed by atoms with Crippen molar-refractivity contribution in [2.45, 2.75) is 13.8 Å². The van der Waals surface area contributed by atoms with Crippen LogP contribution in [0.25, 0.3) is 28.7 Å². The number of hydrogen-bond acceptors (Lipinski definition) is 5. The first-order valence-corrected chi connectivity index (χ1v) is 9.91. The standard InChI is InChI=1S/C24H20N6O2/c1-16-12-19(17(2)29(16)21-10-7-11-22(14-21)30(31)32)13-20(15-25)24-27-26-23(28(24)3)18-8-5-4-6-9-18/h4-14H,1-3H3/b20-13+. The lowest BCUT2D eigenvalue weighted by molar-refractivity contribution is -0.384. The molecule has 0 fully saturated rings. The highest BCUT2D eigenvalue weighted by molar-refractivity contribution is 5.88. The molecule has 4 rings (SSSR count). The quantitative estimate of drug-likeness (QED) is 0.258. The summed E-state index contributed by atoms with van der Waals surface area (Å²) in [7, 11) is 1.83. The Morgan fingerprint density at radius 3 is 2.53 bits per heavy atom. The molecule has 0 atom stereocenters. The monoisotopic (exact) mass is 424 g/mol. The van der Waals surface area contributed by atoms with Crippen LogP contribution in [-0.2, 0) is 7.05 Å². The Hall–Kier alpha value is -4.51. The molecule has 0 aliphatic rings. The van der Waals surface area contributed by atoms with Gasteiger partial charge in [0.15, 0.2) is 11.6 Å². The second kappa shape index (κ2) is 8.32. The van der Waals surface area contributed by atoms with Crippen LogP contribution < -0.4 is 0 Å². The molecule has 0 amide bonds. The molecule has 8 heteroatoms. The molecule has 0 radical (unpaired) electrons. The van der Waals surface area contributed by atoms with E-state index in [4.69, 9.17) is 0 Å². The number of hydrogen-bond donors (Lipinski definition) is 0. The Morgan fingerprint density at radius 1 is 1.09 bits per heavy atom. The zero-order chi connectivity index (χ0) is 22.8. The number of rotatable bonds is 5. The zero-order valence-electron chi connectivity index (χ0n) is 17.9. The second-order valence-corrected chi connectivity index (χ2v) is 7.38. The molecular weight excluding hydrogens is 404 g/mol. The maximum absolute atomic E-state index is 11.2. The third kappa shape index (κ3) is 3.68. The molecule has 32 heavy (non-hydrogen) atoms. The minimum absolute atomic E-state index is 0.0253. The van der Waals surface area contributed by atoms with Gasteiger partial charge in [0.05, 0.1) is 16.2 Å². The van der Waals surface area contributed by atoms with Gasteiger partial charge in [-0.1, -0.05) is 36.4 Å². The fraction of sp³-hybridized carbons (Fsp3) is 0.125. The molecule has 4 aromatic rings. The first-order chi connectivity index (χ1) is 15.4. The average Bonchev–Trinajstić information content (AvgIpc) is 3.31. The van der Waals surface area contributed by atoms with Crippen LogP contribution in [0.3, 0.4) is 0 Å². The van der Waals surface area contributed by atoms with Crippen LogP contribution in [0.1, 0.15) is 22.8 Å². The topological polar surface area (TPSA) is 103 Å². The van der Waals surface area contributed by atoms with Gasteiger partial charge in [0, 0.05) is 36.1 Å². The van der Waals surface area contributed by atoms with Gasteiger partial charge in [-0.25, -0.2) is 0 Å². The predicted molar refractivity (Wildman–Crippen MR) is 122 cm³/mol. The molecule has 0 aliphatic carbocycles. The van der Waals surface area contributed by atoms with Crippen molar-refractivity contribution in [3.63, 3.8) is 0 Å². The molecule has 0 bridgehead atoms. The van der Waals surface area contributed by atoms with Crippen molar-refractivity contribution in [2.75, 3.05) is 0 Å². The number of nitro groups is 1. The third-order valence-corrected chi connectivity index (χ3v) is 5.34. The SMILES string of the molecule is Cc1cc(/C=C(\C#N)c2nnc(-c3ccccc3)n2C)c(C)n1-c1cccc([N+](=O)[O-])c1. The van der Waals surface area contributed by atoms with Crippen molar-refractivity contribution in [1.29, 1.82) is 5.26 Å². The van der Waals surface area contributed by atoms with Gasteiger partial charge in [-0.2, -0.15) is 5.26 Å². The second-order valence-electron chi connectivity index (χ2n) is 7.38. The number of allylic oxidation sites excluding steroid dienone is 1. The van der Waals surface area contributed by atoms with E-state index < -0.39 is 4.92 Å². The molecule has 158 valence electrons. The highest BCUT2D eigenvalue weighted by Gasteiger charge is 2.17. The van der Waals surface area contributed by atoms with Gasteiger partial charge in [-0.3, -0.25) is 10.1 Å². The molecular formula is C24H20N6O2. The Labute approximate surface area is 184 Å². The van der Waals surface area contributed by atoms with Gasteiger partial charge >= 0.3 is 0 Å². The molecule has 0 unspecified atom stereocenters. The van der Waals surface area contributed by atoms with Gasteiger partial charge in [0.2, 0.25) is 0 Å². The Balaban J connectivity index is 1.77. The Morgan fingerprint density at radius 2 is 1.84 bits per heavy atom. The fourth-order valence-electron chi connectivity index (χ4n) is 3.78. The van der Waals surface area contributed by atoms with Crippen molar-refractivity contribution in [3.8, 4) is 23.1 Å². The van der Waals surface area contributed by atoms with Gasteiger partial charge < -0.3 is 9.13 Å². The lowest BCUT2D eigenvalue weighted by Crippen LogP contribution is -2.00. The van der Waals surface area contributed by atoms with Crippen LogP contribution >= 0.6 is 0 Å². The Bertz CT molecular complexity index is 1390. The summed E-state index contributed by atoms with van der Waals surface area (Å²) in [5.74, 6) is 1.13. The van der Waals surface area contributed by atoms with Crippen molar-refractivity contribution in [2.24, 2.45) is 7.05 Å². The summed E-state index contributed by atoms with van der Waals surface area (Å²) in [4.78, 5) is 10.8. The number of nitro benzene ring substituents is 1. The summed E-state index contributed by atoms with van der Waals surface area (Å²) in [5, 5.41) is 29.5. The molecule has 0 aliphatic heterocycles. The summed E-state index contributed by atoms with van der Waals surface area (Å²) in [6, 6.07) is 20.3. The molecule has 8 nitrogen and oxygen atoms in total. The highest BCUT2D eigenvalue weighted by Crippen LogP contribution is 2.27. The van der Waals surface area contributed by atoms with Gasteiger partial charge in [0.25, 0.3) is 5.69 Å². The van der Waals surface area contributed by atoms with E-state index in [9.17, 15) is 15.4 Å². The van der Waals surface area contributed by atoms with E-state index in [1.54, 1.807) is 16.7 Å². The van der Waals surface area contributed by atoms with Crippen molar-refractivity contribution in [1.82, 2.24) is 19.3 Å². The first kappa shape index (κ1) is 20.8. The molecule has 0 saturated heterocycles. The highest BCUT2D eigenvalue weighted by atomic mass is 16.6. The number of nitriles is 1. The minimum atomic E-state index is -0.412. The summed E-state index contributed by atoms with van der Waals surface area (Å²) in [6.45, 7) is 3.84. The normalized spacial score (nSPS) is 11.4. The summed E-state index contributed by atoms with van der Waals surface area (Å²) in [5.41, 5.74) is 4.59. The van der Waals surface area contributed by atoms with Crippen LogP contribution in [0, 0.1) is 35.3 Å². The van der Waals surface area contributed by atoms with E-state index in [2.05, 4.69) is 16.3 Å². The molecule has 2 heterocycles. The zero-order valence-corrected chi connectivity index (χ0v) is 17.9. The lowest BCUT2D eigenvalue weighted by Gasteiger charge is -2.09. The van der Waals surface area contributed by atoms with Crippen molar-refractivity contribution in [3.05, 3.63) is 93.6 Å². The van der Waals surface area contributed by atoms with Gasteiger partial charge in [0.1, 0.15) is 6.07 Å². The van der Waals surface area contributed by atoms with Crippen molar-refractivity contribution < 1.29 is 4.92 Å². The van der Waals surface area contributed by atoms with E-state index in [1.165, 1.54) is 12.1 Å². The maximum atomic E-state index is 11.2. The van der Waals surface area contributed by atoms with Crippen LogP contribution in [0.4, 0.5) is 5.69 Å². The lowest BCUT2D eigenvalue weighted by atomic mass is 10.1. The maximum Gasteiger partial charge on any atom is 0.271 e. The number of aryl methyl sites for hydroxylation is 1. The van der Waals surface area contributed by atoms with Crippen LogP contribution in [0.2, 0.25) is 0 Å². The largest absolute Gasteiger partial charge is 0.318 e. The first-order valence-electron chi connectivity index (χ1n) is 9.91. The predicted octanol–water partition coefficient (Wildman–Crippen LogP) is 4.86. The van der Waals surface area contributed by atoms with E-state index in [0.717, 1.165) is 22.5 Å². The summed E-state index contributed by atoms with van der Waals surface area (Å²) in [6.07, 6.45) is 1.77. The number of benzene rings is 2. The van der Waals surface area contributed by atoms with Gasteiger partial charge in [-0.15, -0.1) is 10.2 Å². The molecule has 0 N–H and O–H groups in total. The van der Waals surface area contributed by atoms with E-state index >= 15 is 0 Å². The van der Waals surface area contributed by atoms with Gasteiger partial charge in [-0.05, 0) is 37.6 Å². The molecule has 2 aromatic heterocycles. The Kier molecular flexibility index (Phi) is 5.39. The van der Waals surface area contributed by atoms with E-state index in [-0.39, 0.29) is 5.69 Å². The molecule has 0 spiro atoms. The summed E-state index contributed by atoms with van der Waals surface area (Å²) >= 11 is 0. The fourth-order valence-corrected chi connectivity index (χ4v) is 3.78. The molecule has 2 aromatic carbocycles. The van der Waals surface area contributed by atoms with Crippen LogP contribution in [-0.4, -0.2) is 24.3 Å². The summed E-state index contributed by atoms with van der Waals surface area (Å²) < 4.78 is 3.73. The minimum Gasteiger partial charge on any atom is -0.318 e. The number of aromatic nitrogens is 4. The van der Waals surface area contributed by atoms with Crippen LogP contribution in [0.5, 0.6) is 0 Å². The molecule has 0 saturated carbocycles. The van der Waals surface area contributed by atoms with Crippen molar-refractivity contribution >= 4 is 17.3 Å². The van der Waals surface area contributed by atoms with Crippen LogP contribution in [0.15, 0.2) is 60.7 Å². The number of nitrogens with zero attached hydrogens (tertiary/aromatic N) is 6. The van der Waals surface area contributed by atoms with E-state index in [0.29, 0.717) is 22.9 Å². The van der Waals surface area contributed by atoms with E-state index in [1.807, 2.05) is 67.9 Å². The number of non-ortho nitro benzene ring substituents is 1. The third-order valence-electron chi connectivity index (χ3n) is 5.34. The average molecular weight is 424 g/mol.